The van der Waals surface area contributed by atoms with Crippen LogP contribution in [0.4, 0.5) is 0 Å². The molecule has 2 heteroatoms. The van der Waals surface area contributed by atoms with E-state index in [0.717, 1.165) is 24.5 Å². The lowest BCUT2D eigenvalue weighted by molar-refractivity contribution is 0.277. The third kappa shape index (κ3) is 3.71. The smallest absolute Gasteiger partial charge is 0.117 e. The molecular formula is C13H23NO. The van der Waals surface area contributed by atoms with Gasteiger partial charge in [-0.1, -0.05) is 27.7 Å². The molecule has 0 aromatic carbocycles. The Kier molecular flexibility index (Phi) is 3.97. The first-order valence-corrected chi connectivity index (χ1v) is 5.74. The summed E-state index contributed by atoms with van der Waals surface area (Å²) in [5.41, 5.74) is 0.292. The predicted molar refractivity (Wildman–Crippen MR) is 63.8 cm³/mol. The first-order chi connectivity index (χ1) is 6.93. The van der Waals surface area contributed by atoms with Crippen LogP contribution in [0.2, 0.25) is 0 Å². The fourth-order valence-corrected chi connectivity index (χ4v) is 1.27. The molecular weight excluding hydrogens is 186 g/mol. The molecule has 1 aromatic heterocycles. The highest BCUT2D eigenvalue weighted by atomic mass is 16.3. The van der Waals surface area contributed by atoms with Gasteiger partial charge in [0.1, 0.15) is 11.5 Å². The number of rotatable bonds is 4. The molecule has 1 N–H and O–H groups in total. The molecule has 0 amide bonds. The molecule has 0 aliphatic heterocycles. The Balaban J connectivity index is 2.43. The summed E-state index contributed by atoms with van der Waals surface area (Å²) < 4.78 is 5.63. The molecule has 0 fully saturated rings. The molecule has 1 rings (SSSR count). The van der Waals surface area contributed by atoms with Crippen molar-refractivity contribution in [3.8, 4) is 0 Å². The van der Waals surface area contributed by atoms with E-state index in [2.05, 4.69) is 52.1 Å². The van der Waals surface area contributed by atoms with E-state index in [1.807, 2.05) is 0 Å². The van der Waals surface area contributed by atoms with Crippen molar-refractivity contribution < 1.29 is 4.42 Å². The minimum atomic E-state index is 0.292. The van der Waals surface area contributed by atoms with E-state index in [0.29, 0.717) is 11.5 Å². The number of hydrogen-bond donors (Lipinski definition) is 1. The molecule has 86 valence electrons. The molecule has 0 aliphatic rings. The monoisotopic (exact) mass is 209 g/mol. The summed E-state index contributed by atoms with van der Waals surface area (Å²) in [6.07, 6.45) is 0.967. The summed E-state index contributed by atoms with van der Waals surface area (Å²) in [4.78, 5) is 0. The quantitative estimate of drug-likeness (QED) is 0.822. The third-order valence-electron chi connectivity index (χ3n) is 2.95. The molecule has 1 atom stereocenters. The lowest BCUT2D eigenvalue weighted by atomic mass is 9.88. The predicted octanol–water partition coefficient (Wildman–Crippen LogP) is 3.37. The van der Waals surface area contributed by atoms with Crippen LogP contribution in [0.1, 0.15) is 46.1 Å². The van der Waals surface area contributed by atoms with Crippen molar-refractivity contribution in [2.24, 2.45) is 5.41 Å². The van der Waals surface area contributed by atoms with Crippen molar-refractivity contribution >= 4 is 0 Å². The molecule has 1 heterocycles. The van der Waals surface area contributed by atoms with Gasteiger partial charge in [0, 0.05) is 12.5 Å². The lowest BCUT2D eigenvalue weighted by Gasteiger charge is -2.27. The van der Waals surface area contributed by atoms with Crippen LogP contribution >= 0.6 is 0 Å². The van der Waals surface area contributed by atoms with Gasteiger partial charge >= 0.3 is 0 Å². The molecule has 0 spiro atoms. The van der Waals surface area contributed by atoms with Gasteiger partial charge in [-0.25, -0.2) is 0 Å². The molecule has 0 saturated heterocycles. The van der Waals surface area contributed by atoms with Gasteiger partial charge in [-0.3, -0.25) is 0 Å². The normalized spacial score (nSPS) is 14.2. The molecule has 1 unspecified atom stereocenters. The molecule has 1 aromatic rings. The topological polar surface area (TPSA) is 25.2 Å². The van der Waals surface area contributed by atoms with E-state index < -0.39 is 0 Å². The fraction of sp³-hybridized carbons (Fsp3) is 0.692. The first-order valence-electron chi connectivity index (χ1n) is 5.74. The second kappa shape index (κ2) is 4.84. The van der Waals surface area contributed by atoms with Gasteiger partial charge in [0.05, 0.1) is 6.54 Å². The second-order valence-corrected chi connectivity index (χ2v) is 5.19. The summed E-state index contributed by atoms with van der Waals surface area (Å²) in [6, 6.07) is 4.59. The third-order valence-corrected chi connectivity index (χ3v) is 2.95. The summed E-state index contributed by atoms with van der Waals surface area (Å²) in [7, 11) is 0. The number of aryl methyl sites for hydroxylation is 1. The zero-order chi connectivity index (χ0) is 11.5. The van der Waals surface area contributed by atoms with Crippen LogP contribution in [0.3, 0.4) is 0 Å². The Morgan fingerprint density at radius 1 is 1.27 bits per heavy atom. The van der Waals surface area contributed by atoms with Crippen molar-refractivity contribution in [2.75, 3.05) is 0 Å². The van der Waals surface area contributed by atoms with E-state index in [1.165, 1.54) is 0 Å². The number of nitrogens with one attached hydrogen (secondary N) is 1. The summed E-state index contributed by atoms with van der Waals surface area (Å²) in [6.45, 7) is 11.9. The minimum Gasteiger partial charge on any atom is -0.465 e. The van der Waals surface area contributed by atoms with Crippen LogP contribution in [0.5, 0.6) is 0 Å². The highest BCUT2D eigenvalue weighted by molar-refractivity contribution is 5.06. The molecule has 15 heavy (non-hydrogen) atoms. The average molecular weight is 209 g/mol. The van der Waals surface area contributed by atoms with E-state index in [9.17, 15) is 0 Å². The Bertz CT molecular complexity index is 296. The van der Waals surface area contributed by atoms with Crippen molar-refractivity contribution in [3.05, 3.63) is 23.7 Å². The summed E-state index contributed by atoms with van der Waals surface area (Å²) in [5.74, 6) is 2.10. The number of furan rings is 1. The van der Waals surface area contributed by atoms with Gasteiger partial charge < -0.3 is 9.73 Å². The Hall–Kier alpha value is -0.760. The minimum absolute atomic E-state index is 0.292. The van der Waals surface area contributed by atoms with Gasteiger partial charge in [0.2, 0.25) is 0 Å². The van der Waals surface area contributed by atoms with Crippen LogP contribution < -0.4 is 5.32 Å². The van der Waals surface area contributed by atoms with Gasteiger partial charge in [-0.15, -0.1) is 0 Å². The summed E-state index contributed by atoms with van der Waals surface area (Å²) >= 11 is 0. The van der Waals surface area contributed by atoms with Gasteiger partial charge in [-0.2, -0.15) is 0 Å². The lowest BCUT2D eigenvalue weighted by Crippen LogP contribution is -2.37. The fourth-order valence-electron chi connectivity index (χ4n) is 1.27. The average Bonchev–Trinajstić information content (AvgIpc) is 2.60. The van der Waals surface area contributed by atoms with E-state index in [1.54, 1.807) is 0 Å². The zero-order valence-corrected chi connectivity index (χ0v) is 10.6. The van der Waals surface area contributed by atoms with Crippen LogP contribution in [-0.4, -0.2) is 6.04 Å². The Morgan fingerprint density at radius 3 is 2.33 bits per heavy atom. The zero-order valence-electron chi connectivity index (χ0n) is 10.6. The van der Waals surface area contributed by atoms with E-state index >= 15 is 0 Å². The molecule has 0 aliphatic carbocycles. The van der Waals surface area contributed by atoms with Crippen molar-refractivity contribution in [3.63, 3.8) is 0 Å². The van der Waals surface area contributed by atoms with Gasteiger partial charge in [0.15, 0.2) is 0 Å². The molecule has 0 bridgehead atoms. The van der Waals surface area contributed by atoms with Crippen molar-refractivity contribution in [1.82, 2.24) is 5.32 Å². The maximum absolute atomic E-state index is 5.63. The van der Waals surface area contributed by atoms with Gasteiger partial charge in [0.25, 0.3) is 0 Å². The maximum Gasteiger partial charge on any atom is 0.117 e. The van der Waals surface area contributed by atoms with E-state index in [4.69, 9.17) is 4.42 Å². The van der Waals surface area contributed by atoms with Crippen molar-refractivity contribution in [1.29, 1.82) is 0 Å². The largest absolute Gasteiger partial charge is 0.465 e. The maximum atomic E-state index is 5.63. The Labute approximate surface area is 93.1 Å². The number of hydrogen-bond acceptors (Lipinski definition) is 2. The van der Waals surface area contributed by atoms with Crippen LogP contribution in [-0.2, 0) is 13.0 Å². The van der Waals surface area contributed by atoms with E-state index in [-0.39, 0.29) is 0 Å². The second-order valence-electron chi connectivity index (χ2n) is 5.19. The van der Waals surface area contributed by atoms with Crippen LogP contribution in [0.15, 0.2) is 16.5 Å². The van der Waals surface area contributed by atoms with Crippen LogP contribution in [0, 0.1) is 5.41 Å². The first kappa shape index (κ1) is 12.3. The Morgan fingerprint density at radius 2 is 1.87 bits per heavy atom. The molecule has 0 radical (unpaired) electrons. The SMILES string of the molecule is CCc1ccc(CNC(C)C(C)(C)C)o1. The summed E-state index contributed by atoms with van der Waals surface area (Å²) in [5, 5.41) is 3.48. The highest BCUT2D eigenvalue weighted by Gasteiger charge is 2.19. The molecule has 0 saturated carbocycles. The van der Waals surface area contributed by atoms with Gasteiger partial charge in [-0.05, 0) is 24.5 Å². The highest BCUT2D eigenvalue weighted by Crippen LogP contribution is 2.19. The molecule has 2 nitrogen and oxygen atoms in total. The van der Waals surface area contributed by atoms with Crippen LogP contribution in [0.25, 0.3) is 0 Å². The standard InChI is InChI=1S/C13H23NO/c1-6-11-7-8-12(15-11)9-14-10(2)13(3,4)5/h7-8,10,14H,6,9H2,1-5H3. The van der Waals surface area contributed by atoms with Crippen molar-refractivity contribution in [2.45, 2.75) is 53.6 Å².